The van der Waals surface area contributed by atoms with Crippen LogP contribution in [-0.4, -0.2) is 21.6 Å². The molecule has 0 fully saturated rings. The van der Waals surface area contributed by atoms with Crippen LogP contribution in [0, 0.1) is 6.92 Å². The molecule has 0 atom stereocenters. The highest BCUT2D eigenvalue weighted by atomic mass is 35.5. The molecular weight excluding hydrogens is 412 g/mol. The maximum absolute atomic E-state index is 13.2. The zero-order valence-electron chi connectivity index (χ0n) is 16.7. The van der Waals surface area contributed by atoms with E-state index < -0.39 is 5.91 Å². The van der Waals surface area contributed by atoms with Crippen molar-refractivity contribution in [2.24, 2.45) is 5.73 Å². The normalized spacial score (nSPS) is 10.6. The molecule has 0 aliphatic carbocycles. The summed E-state index contributed by atoms with van der Waals surface area (Å²) in [7, 11) is 0. The second-order valence-electron chi connectivity index (χ2n) is 7.03. The minimum absolute atomic E-state index is 0.321. The highest BCUT2D eigenvalue weighted by Gasteiger charge is 2.19. The number of halogens is 1. The Labute approximate surface area is 184 Å². The molecule has 0 saturated carbocycles. The van der Waals surface area contributed by atoms with Gasteiger partial charge >= 0.3 is 0 Å². The highest BCUT2D eigenvalue weighted by molar-refractivity contribution is 6.30. The first kappa shape index (κ1) is 20.4. The van der Waals surface area contributed by atoms with Crippen LogP contribution in [0.15, 0.2) is 79.0 Å². The van der Waals surface area contributed by atoms with E-state index in [0.29, 0.717) is 33.1 Å². The molecule has 2 amide bonds. The van der Waals surface area contributed by atoms with Gasteiger partial charge in [0.1, 0.15) is 5.69 Å². The molecular formula is C24H19ClN4O2. The third kappa shape index (κ3) is 4.34. The minimum atomic E-state index is -0.510. The van der Waals surface area contributed by atoms with Gasteiger partial charge in [0.2, 0.25) is 5.91 Å². The van der Waals surface area contributed by atoms with Gasteiger partial charge in [-0.3, -0.25) is 9.59 Å². The monoisotopic (exact) mass is 430 g/mol. The lowest BCUT2D eigenvalue weighted by atomic mass is 10.1. The quantitative estimate of drug-likeness (QED) is 0.474. The van der Waals surface area contributed by atoms with Gasteiger partial charge in [-0.1, -0.05) is 41.9 Å². The van der Waals surface area contributed by atoms with E-state index in [1.165, 1.54) is 0 Å². The Balaban J connectivity index is 1.73. The standard InChI is InChI=1S/C24H19ClN4O2/c1-15-13-18(11-12-20(15)23(26)30)27-24(31)21-14-29(19-5-3-2-4-6-19)28-22(21)16-7-9-17(25)10-8-16/h2-14H,1H3,(H2,26,30)(H,27,31). The third-order valence-electron chi connectivity index (χ3n) is 4.85. The summed E-state index contributed by atoms with van der Waals surface area (Å²) in [5, 5.41) is 8.13. The van der Waals surface area contributed by atoms with Gasteiger partial charge in [-0.15, -0.1) is 0 Å². The smallest absolute Gasteiger partial charge is 0.259 e. The summed E-state index contributed by atoms with van der Waals surface area (Å²) < 4.78 is 1.67. The molecule has 0 radical (unpaired) electrons. The van der Waals surface area contributed by atoms with E-state index >= 15 is 0 Å². The van der Waals surface area contributed by atoms with Crippen molar-refractivity contribution in [2.45, 2.75) is 6.92 Å². The summed E-state index contributed by atoms with van der Waals surface area (Å²) in [6.07, 6.45) is 1.69. The van der Waals surface area contributed by atoms with Crippen LogP contribution in [0.1, 0.15) is 26.3 Å². The number of hydrogen-bond acceptors (Lipinski definition) is 3. The number of anilines is 1. The zero-order chi connectivity index (χ0) is 22.0. The van der Waals surface area contributed by atoms with Crippen molar-refractivity contribution in [1.29, 1.82) is 0 Å². The van der Waals surface area contributed by atoms with Crippen molar-refractivity contribution in [3.8, 4) is 16.9 Å². The van der Waals surface area contributed by atoms with Gasteiger partial charge in [-0.05, 0) is 55.0 Å². The van der Waals surface area contributed by atoms with Gasteiger partial charge in [0.15, 0.2) is 0 Å². The second kappa shape index (κ2) is 8.45. The molecule has 0 unspecified atom stereocenters. The first-order valence-electron chi connectivity index (χ1n) is 9.55. The first-order valence-corrected chi connectivity index (χ1v) is 9.93. The molecule has 7 heteroatoms. The number of aryl methyl sites for hydroxylation is 1. The lowest BCUT2D eigenvalue weighted by molar-refractivity contribution is 0.0997. The van der Waals surface area contributed by atoms with E-state index in [1.807, 2.05) is 42.5 Å². The zero-order valence-corrected chi connectivity index (χ0v) is 17.4. The number of amides is 2. The summed E-state index contributed by atoms with van der Waals surface area (Å²) in [5.41, 5.74) is 9.55. The van der Waals surface area contributed by atoms with Crippen molar-refractivity contribution < 1.29 is 9.59 Å². The average molecular weight is 431 g/mol. The van der Waals surface area contributed by atoms with Crippen LogP contribution >= 0.6 is 11.6 Å². The fourth-order valence-corrected chi connectivity index (χ4v) is 3.42. The van der Waals surface area contributed by atoms with Gasteiger partial charge in [0.25, 0.3) is 5.91 Å². The third-order valence-corrected chi connectivity index (χ3v) is 5.10. The summed E-state index contributed by atoms with van der Waals surface area (Å²) in [6.45, 7) is 1.77. The summed E-state index contributed by atoms with van der Waals surface area (Å²) >= 11 is 6.02. The fourth-order valence-electron chi connectivity index (χ4n) is 3.29. The van der Waals surface area contributed by atoms with Gasteiger partial charge < -0.3 is 11.1 Å². The summed E-state index contributed by atoms with van der Waals surface area (Å²) in [4.78, 5) is 24.6. The number of aromatic nitrogens is 2. The lowest BCUT2D eigenvalue weighted by Crippen LogP contribution is -2.15. The Bertz CT molecular complexity index is 1260. The molecule has 0 bridgehead atoms. The Kier molecular flexibility index (Phi) is 5.56. The molecule has 1 heterocycles. The molecule has 31 heavy (non-hydrogen) atoms. The number of hydrogen-bond donors (Lipinski definition) is 2. The van der Waals surface area contributed by atoms with Crippen LogP contribution in [-0.2, 0) is 0 Å². The Hall–Kier alpha value is -3.90. The fraction of sp³-hybridized carbons (Fsp3) is 0.0417. The van der Waals surface area contributed by atoms with Crippen LogP contribution in [0.3, 0.4) is 0 Å². The molecule has 0 aliphatic heterocycles. The lowest BCUT2D eigenvalue weighted by Gasteiger charge is -2.08. The molecule has 3 aromatic carbocycles. The van der Waals surface area contributed by atoms with Crippen LogP contribution in [0.25, 0.3) is 16.9 Å². The first-order chi connectivity index (χ1) is 14.9. The molecule has 3 N–H and O–H groups in total. The van der Waals surface area contributed by atoms with Crippen molar-refractivity contribution in [3.05, 3.63) is 101 Å². The Morgan fingerprint density at radius 3 is 2.32 bits per heavy atom. The predicted octanol–water partition coefficient (Wildman–Crippen LogP) is 4.85. The molecule has 4 rings (SSSR count). The van der Waals surface area contributed by atoms with Crippen LogP contribution < -0.4 is 11.1 Å². The van der Waals surface area contributed by atoms with Crippen molar-refractivity contribution in [3.63, 3.8) is 0 Å². The maximum Gasteiger partial charge on any atom is 0.259 e. The number of primary amides is 1. The Morgan fingerprint density at radius 1 is 0.968 bits per heavy atom. The predicted molar refractivity (Wildman–Crippen MR) is 122 cm³/mol. The number of para-hydroxylation sites is 1. The van der Waals surface area contributed by atoms with E-state index in [4.69, 9.17) is 17.3 Å². The minimum Gasteiger partial charge on any atom is -0.366 e. The number of carbonyl (C=O) groups excluding carboxylic acids is 2. The average Bonchev–Trinajstić information content (AvgIpc) is 3.20. The summed E-state index contributed by atoms with van der Waals surface area (Å²) in [5.74, 6) is -0.831. The Morgan fingerprint density at radius 2 is 1.68 bits per heavy atom. The van der Waals surface area contributed by atoms with Crippen molar-refractivity contribution in [1.82, 2.24) is 9.78 Å². The van der Waals surface area contributed by atoms with Gasteiger partial charge in [-0.2, -0.15) is 5.10 Å². The van der Waals surface area contributed by atoms with Gasteiger partial charge in [-0.25, -0.2) is 4.68 Å². The van der Waals surface area contributed by atoms with Crippen LogP contribution in [0.5, 0.6) is 0 Å². The molecule has 0 aliphatic rings. The van der Waals surface area contributed by atoms with Crippen molar-refractivity contribution in [2.75, 3.05) is 5.32 Å². The van der Waals surface area contributed by atoms with Crippen LogP contribution in [0.4, 0.5) is 5.69 Å². The van der Waals surface area contributed by atoms with Crippen LogP contribution in [0.2, 0.25) is 5.02 Å². The van der Waals surface area contributed by atoms with Gasteiger partial charge in [0, 0.05) is 28.0 Å². The number of carbonyl (C=O) groups is 2. The molecule has 1 aromatic heterocycles. The topological polar surface area (TPSA) is 90.0 Å². The molecule has 0 saturated heterocycles. The van der Waals surface area contributed by atoms with E-state index in [2.05, 4.69) is 10.4 Å². The molecule has 6 nitrogen and oxygen atoms in total. The second-order valence-corrected chi connectivity index (χ2v) is 7.46. The largest absolute Gasteiger partial charge is 0.366 e. The number of nitrogens with one attached hydrogen (secondary N) is 1. The number of rotatable bonds is 5. The highest BCUT2D eigenvalue weighted by Crippen LogP contribution is 2.26. The molecule has 154 valence electrons. The molecule has 0 spiro atoms. The van der Waals surface area contributed by atoms with Gasteiger partial charge in [0.05, 0.1) is 11.3 Å². The number of benzene rings is 3. The van der Waals surface area contributed by atoms with E-state index in [0.717, 1.165) is 11.3 Å². The maximum atomic E-state index is 13.2. The SMILES string of the molecule is Cc1cc(NC(=O)c2cn(-c3ccccc3)nc2-c2ccc(Cl)cc2)ccc1C(N)=O. The summed E-state index contributed by atoms with van der Waals surface area (Å²) in [6, 6.07) is 21.7. The molecule has 4 aromatic rings. The van der Waals surface area contributed by atoms with Crippen molar-refractivity contribution >= 4 is 29.1 Å². The van der Waals surface area contributed by atoms with E-state index in [1.54, 1.807) is 48.1 Å². The number of nitrogens with zero attached hydrogens (tertiary/aromatic N) is 2. The van der Waals surface area contributed by atoms with E-state index in [-0.39, 0.29) is 5.91 Å². The number of nitrogens with two attached hydrogens (primary N) is 1. The van der Waals surface area contributed by atoms with E-state index in [9.17, 15) is 9.59 Å².